The van der Waals surface area contributed by atoms with Crippen LogP contribution in [0.1, 0.15) is 19.8 Å². The number of amides is 2. The van der Waals surface area contributed by atoms with E-state index in [9.17, 15) is 4.79 Å². The van der Waals surface area contributed by atoms with E-state index in [2.05, 4.69) is 30.8 Å². The maximum absolute atomic E-state index is 11.7. The fraction of sp³-hybridized carbons (Fsp3) is 0.769. The molecule has 0 saturated carbocycles. The van der Waals surface area contributed by atoms with Crippen LogP contribution in [0.25, 0.3) is 0 Å². The third-order valence-electron chi connectivity index (χ3n) is 3.15. The van der Waals surface area contributed by atoms with Crippen LogP contribution in [0.2, 0.25) is 0 Å². The Morgan fingerprint density at radius 3 is 3.06 bits per heavy atom. The number of likely N-dealkylation sites (tertiary alicyclic amines) is 1. The van der Waals surface area contributed by atoms with Gasteiger partial charge >= 0.3 is 6.03 Å². The van der Waals surface area contributed by atoms with Crippen molar-refractivity contribution in [3.05, 3.63) is 12.7 Å². The lowest BCUT2D eigenvalue weighted by atomic mass is 10.1. The molecule has 1 heterocycles. The molecule has 0 aromatic carbocycles. The van der Waals surface area contributed by atoms with Crippen LogP contribution >= 0.6 is 0 Å². The van der Waals surface area contributed by atoms with E-state index in [0.717, 1.165) is 32.6 Å². The van der Waals surface area contributed by atoms with Gasteiger partial charge in [0.2, 0.25) is 0 Å². The van der Waals surface area contributed by atoms with Gasteiger partial charge in [-0.05, 0) is 32.4 Å². The normalized spacial score (nSPS) is 19.7. The number of carbonyl (C=O) groups is 1. The number of hydrogen-bond donors (Lipinski definition) is 1. The zero-order valence-electron chi connectivity index (χ0n) is 11.1. The van der Waals surface area contributed by atoms with E-state index in [0.29, 0.717) is 12.5 Å². The van der Waals surface area contributed by atoms with Crippen molar-refractivity contribution in [3.63, 3.8) is 0 Å². The molecule has 2 amide bonds. The highest BCUT2D eigenvalue weighted by molar-refractivity contribution is 5.74. The minimum Gasteiger partial charge on any atom is -0.335 e. The number of urea groups is 1. The van der Waals surface area contributed by atoms with Crippen molar-refractivity contribution in [2.75, 3.05) is 39.8 Å². The molecule has 1 atom stereocenters. The largest absolute Gasteiger partial charge is 0.335 e. The first kappa shape index (κ1) is 14.0. The maximum Gasteiger partial charge on any atom is 0.317 e. The Balaban J connectivity index is 2.26. The number of nitrogens with zero attached hydrogens (tertiary/aromatic N) is 2. The molecular weight excluding hydrogens is 214 g/mol. The van der Waals surface area contributed by atoms with E-state index in [1.54, 1.807) is 6.08 Å². The van der Waals surface area contributed by atoms with Crippen molar-refractivity contribution in [1.82, 2.24) is 15.1 Å². The fourth-order valence-electron chi connectivity index (χ4n) is 2.35. The van der Waals surface area contributed by atoms with Gasteiger partial charge in [0, 0.05) is 26.2 Å². The molecule has 98 valence electrons. The Hall–Kier alpha value is -1.03. The molecule has 0 aromatic rings. The Labute approximate surface area is 105 Å². The van der Waals surface area contributed by atoms with Crippen molar-refractivity contribution >= 4 is 6.03 Å². The average molecular weight is 239 g/mol. The van der Waals surface area contributed by atoms with Crippen LogP contribution < -0.4 is 5.32 Å². The van der Waals surface area contributed by atoms with Gasteiger partial charge in [0.15, 0.2) is 0 Å². The van der Waals surface area contributed by atoms with E-state index in [4.69, 9.17) is 0 Å². The van der Waals surface area contributed by atoms with Crippen LogP contribution in [-0.2, 0) is 0 Å². The standard InChI is InChI=1S/C13H25N3O/c1-4-7-14-13(17)16-9-6-12(11-16)10-15(3)8-5-2/h4,12H,1,5-11H2,2-3H3,(H,14,17)/t12-/m0/s1. The van der Waals surface area contributed by atoms with Crippen LogP contribution in [0.3, 0.4) is 0 Å². The summed E-state index contributed by atoms with van der Waals surface area (Å²) in [4.78, 5) is 16.0. The van der Waals surface area contributed by atoms with Crippen molar-refractivity contribution in [1.29, 1.82) is 0 Å². The average Bonchev–Trinajstić information content (AvgIpc) is 2.74. The zero-order valence-corrected chi connectivity index (χ0v) is 11.1. The lowest BCUT2D eigenvalue weighted by molar-refractivity contribution is 0.205. The van der Waals surface area contributed by atoms with E-state index in [1.165, 1.54) is 6.42 Å². The van der Waals surface area contributed by atoms with Gasteiger partial charge in [-0.15, -0.1) is 6.58 Å². The zero-order chi connectivity index (χ0) is 12.7. The van der Waals surface area contributed by atoms with Crippen molar-refractivity contribution in [3.8, 4) is 0 Å². The Bertz CT molecular complexity index is 255. The van der Waals surface area contributed by atoms with Crippen molar-refractivity contribution < 1.29 is 4.79 Å². The molecule has 1 aliphatic heterocycles. The minimum atomic E-state index is 0.0468. The molecule has 1 N–H and O–H groups in total. The smallest absolute Gasteiger partial charge is 0.317 e. The predicted molar refractivity (Wildman–Crippen MR) is 71.1 cm³/mol. The van der Waals surface area contributed by atoms with Gasteiger partial charge < -0.3 is 15.1 Å². The first-order valence-corrected chi connectivity index (χ1v) is 6.49. The summed E-state index contributed by atoms with van der Waals surface area (Å²) in [5.74, 6) is 0.626. The molecule has 4 nitrogen and oxygen atoms in total. The summed E-state index contributed by atoms with van der Waals surface area (Å²) >= 11 is 0. The maximum atomic E-state index is 11.7. The topological polar surface area (TPSA) is 35.6 Å². The Morgan fingerprint density at radius 1 is 1.65 bits per heavy atom. The summed E-state index contributed by atoms with van der Waals surface area (Å²) < 4.78 is 0. The number of carbonyl (C=O) groups excluding carboxylic acids is 1. The van der Waals surface area contributed by atoms with Crippen LogP contribution in [0.4, 0.5) is 4.79 Å². The number of nitrogens with one attached hydrogen (secondary N) is 1. The SMILES string of the molecule is C=CCNC(=O)N1CC[C@@H](CN(C)CCC)C1. The molecule has 4 heteroatoms. The molecular formula is C13H25N3O. The minimum absolute atomic E-state index is 0.0468. The summed E-state index contributed by atoms with van der Waals surface area (Å²) in [7, 11) is 2.16. The van der Waals surface area contributed by atoms with Gasteiger partial charge in [0.1, 0.15) is 0 Å². The van der Waals surface area contributed by atoms with Crippen molar-refractivity contribution in [2.24, 2.45) is 5.92 Å². The van der Waals surface area contributed by atoms with Crippen LogP contribution in [0, 0.1) is 5.92 Å². The highest BCUT2D eigenvalue weighted by Crippen LogP contribution is 2.17. The van der Waals surface area contributed by atoms with E-state index < -0.39 is 0 Å². The first-order chi connectivity index (χ1) is 8.17. The molecule has 0 unspecified atom stereocenters. The van der Waals surface area contributed by atoms with Gasteiger partial charge in [0.25, 0.3) is 0 Å². The van der Waals surface area contributed by atoms with E-state index >= 15 is 0 Å². The summed E-state index contributed by atoms with van der Waals surface area (Å²) in [6, 6.07) is 0.0468. The monoisotopic (exact) mass is 239 g/mol. The van der Waals surface area contributed by atoms with Crippen LogP contribution in [-0.4, -0.2) is 55.6 Å². The predicted octanol–water partition coefficient (Wildman–Crippen LogP) is 1.55. The van der Waals surface area contributed by atoms with E-state index in [-0.39, 0.29) is 6.03 Å². The summed E-state index contributed by atoms with van der Waals surface area (Å²) in [6.45, 7) is 10.3. The first-order valence-electron chi connectivity index (χ1n) is 6.49. The van der Waals surface area contributed by atoms with Gasteiger partial charge in [-0.2, -0.15) is 0 Å². The highest BCUT2D eigenvalue weighted by atomic mass is 16.2. The third-order valence-corrected chi connectivity index (χ3v) is 3.15. The summed E-state index contributed by atoms with van der Waals surface area (Å²) in [5.41, 5.74) is 0. The van der Waals surface area contributed by atoms with Gasteiger partial charge in [-0.1, -0.05) is 13.0 Å². The molecule has 1 rings (SSSR count). The second-order valence-electron chi connectivity index (χ2n) is 4.84. The molecule has 1 fully saturated rings. The summed E-state index contributed by atoms with van der Waals surface area (Å²) in [6.07, 6.45) is 4.02. The Morgan fingerprint density at radius 2 is 2.41 bits per heavy atom. The fourth-order valence-corrected chi connectivity index (χ4v) is 2.35. The molecule has 0 aromatic heterocycles. The molecule has 17 heavy (non-hydrogen) atoms. The lowest BCUT2D eigenvalue weighted by Gasteiger charge is -2.21. The van der Waals surface area contributed by atoms with Gasteiger partial charge in [-0.3, -0.25) is 0 Å². The molecule has 1 aliphatic rings. The quantitative estimate of drug-likeness (QED) is 0.714. The second kappa shape index (κ2) is 7.33. The lowest BCUT2D eigenvalue weighted by Crippen LogP contribution is -2.39. The molecule has 0 aliphatic carbocycles. The van der Waals surface area contributed by atoms with Gasteiger partial charge in [0.05, 0.1) is 0 Å². The van der Waals surface area contributed by atoms with E-state index in [1.807, 2.05) is 4.90 Å². The summed E-state index contributed by atoms with van der Waals surface area (Å²) in [5, 5.41) is 2.83. The molecule has 0 bridgehead atoms. The van der Waals surface area contributed by atoms with Gasteiger partial charge in [-0.25, -0.2) is 4.79 Å². The molecule has 0 radical (unpaired) electrons. The highest BCUT2D eigenvalue weighted by Gasteiger charge is 2.26. The number of rotatable bonds is 6. The van der Waals surface area contributed by atoms with Crippen LogP contribution in [0.15, 0.2) is 12.7 Å². The number of hydrogen-bond acceptors (Lipinski definition) is 2. The van der Waals surface area contributed by atoms with Crippen molar-refractivity contribution in [2.45, 2.75) is 19.8 Å². The molecule has 0 spiro atoms. The third kappa shape index (κ3) is 4.77. The molecule has 1 saturated heterocycles. The Kier molecular flexibility index (Phi) is 6.05. The second-order valence-corrected chi connectivity index (χ2v) is 4.84. The van der Waals surface area contributed by atoms with Crippen LogP contribution in [0.5, 0.6) is 0 Å².